The number of methoxy groups -OCH3 is 2. The van der Waals surface area contributed by atoms with Crippen LogP contribution >= 0.6 is 0 Å². The highest BCUT2D eigenvalue weighted by molar-refractivity contribution is 7.92. The average Bonchev–Trinajstić information content (AvgIpc) is 3.14. The first-order chi connectivity index (χ1) is 13.8. The van der Waals surface area contributed by atoms with E-state index < -0.39 is 10.0 Å². The van der Waals surface area contributed by atoms with Crippen molar-refractivity contribution in [1.82, 2.24) is 19.7 Å². The second-order valence-corrected chi connectivity index (χ2v) is 7.45. The lowest BCUT2D eigenvalue weighted by atomic mass is 10.3. The van der Waals surface area contributed by atoms with E-state index in [2.05, 4.69) is 25.1 Å². The van der Waals surface area contributed by atoms with Crippen molar-refractivity contribution in [2.45, 2.75) is 4.90 Å². The minimum absolute atomic E-state index is 0.0114. The zero-order valence-corrected chi connectivity index (χ0v) is 16.6. The van der Waals surface area contributed by atoms with Crippen molar-refractivity contribution in [3.63, 3.8) is 0 Å². The van der Waals surface area contributed by atoms with Gasteiger partial charge in [-0.2, -0.15) is 15.1 Å². The molecule has 0 radical (unpaired) electrons. The van der Waals surface area contributed by atoms with Crippen molar-refractivity contribution < 1.29 is 22.7 Å². The fourth-order valence-corrected chi connectivity index (χ4v) is 3.30. The third-order valence-corrected chi connectivity index (χ3v) is 5.07. The van der Waals surface area contributed by atoms with Gasteiger partial charge in [-0.25, -0.2) is 8.42 Å². The molecular weight excluding hydrogens is 400 g/mol. The molecule has 29 heavy (non-hydrogen) atoms. The van der Waals surface area contributed by atoms with Gasteiger partial charge in [0.15, 0.2) is 5.82 Å². The van der Waals surface area contributed by atoms with Gasteiger partial charge < -0.3 is 14.8 Å². The van der Waals surface area contributed by atoms with Crippen LogP contribution in [-0.2, 0) is 17.1 Å². The van der Waals surface area contributed by atoms with Crippen LogP contribution in [-0.4, -0.2) is 48.3 Å². The zero-order valence-electron chi connectivity index (χ0n) is 15.8. The molecule has 0 bridgehead atoms. The lowest BCUT2D eigenvalue weighted by Crippen LogP contribution is -2.15. The maximum atomic E-state index is 12.6. The first-order valence-corrected chi connectivity index (χ1v) is 9.69. The standard InChI is InChI=1S/C17H18N6O5S/c1-23-10-11(9-18-23)16(24)19-12-4-6-13(7-5-12)29(25,26)22-14-8-15(27-2)21-17(20-14)28-3/h4-10H,1-3H3,(H,19,24)(H,20,21,22). The Kier molecular flexibility index (Phi) is 5.64. The maximum Gasteiger partial charge on any atom is 0.321 e. The number of carbonyl (C=O) groups is 1. The molecule has 0 aliphatic heterocycles. The molecule has 0 unspecified atom stereocenters. The van der Waals surface area contributed by atoms with E-state index in [-0.39, 0.29) is 28.5 Å². The van der Waals surface area contributed by atoms with Crippen LogP contribution in [0.2, 0.25) is 0 Å². The summed E-state index contributed by atoms with van der Waals surface area (Å²) < 4.78 is 39.0. The minimum atomic E-state index is -3.93. The molecule has 0 saturated carbocycles. The molecule has 0 fully saturated rings. The molecule has 0 saturated heterocycles. The third kappa shape index (κ3) is 4.79. The number of nitrogens with zero attached hydrogens (tertiary/aromatic N) is 4. The summed E-state index contributed by atoms with van der Waals surface area (Å²) in [5.41, 5.74) is 0.820. The Bertz CT molecular complexity index is 1110. The van der Waals surface area contributed by atoms with E-state index in [1.807, 2.05) is 0 Å². The summed E-state index contributed by atoms with van der Waals surface area (Å²) in [5, 5.41) is 6.60. The van der Waals surface area contributed by atoms with Crippen LogP contribution < -0.4 is 19.5 Å². The maximum absolute atomic E-state index is 12.6. The average molecular weight is 418 g/mol. The Morgan fingerprint density at radius 3 is 2.41 bits per heavy atom. The second-order valence-electron chi connectivity index (χ2n) is 5.77. The van der Waals surface area contributed by atoms with Crippen molar-refractivity contribution in [1.29, 1.82) is 0 Å². The van der Waals surface area contributed by atoms with Gasteiger partial charge in [0.1, 0.15) is 0 Å². The first-order valence-electron chi connectivity index (χ1n) is 8.20. The van der Waals surface area contributed by atoms with Crippen LogP contribution in [0.3, 0.4) is 0 Å². The van der Waals surface area contributed by atoms with Gasteiger partial charge in [0, 0.05) is 25.0 Å². The molecule has 3 aromatic rings. The Labute approximate surface area is 166 Å². The number of carbonyl (C=O) groups excluding carboxylic acids is 1. The summed E-state index contributed by atoms with van der Waals surface area (Å²) in [6, 6.07) is 6.94. The molecule has 11 nitrogen and oxygen atoms in total. The van der Waals surface area contributed by atoms with E-state index in [0.717, 1.165) is 0 Å². The van der Waals surface area contributed by atoms with E-state index in [4.69, 9.17) is 9.47 Å². The van der Waals surface area contributed by atoms with Crippen molar-refractivity contribution in [3.8, 4) is 11.9 Å². The third-order valence-electron chi connectivity index (χ3n) is 3.70. The number of amides is 1. The summed E-state index contributed by atoms with van der Waals surface area (Å²) in [6.07, 6.45) is 3.00. The predicted octanol–water partition coefficient (Wildman–Crippen LogP) is 1.28. The summed E-state index contributed by atoms with van der Waals surface area (Å²) in [6.45, 7) is 0. The normalized spacial score (nSPS) is 11.0. The molecule has 2 N–H and O–H groups in total. The number of aryl methyl sites for hydroxylation is 1. The highest BCUT2D eigenvalue weighted by Gasteiger charge is 2.17. The van der Waals surface area contributed by atoms with Crippen molar-refractivity contribution in [2.24, 2.45) is 7.05 Å². The summed E-state index contributed by atoms with van der Waals surface area (Å²) in [4.78, 5) is 20.0. The van der Waals surface area contributed by atoms with Gasteiger partial charge >= 0.3 is 6.01 Å². The molecule has 1 aromatic carbocycles. The first kappa shape index (κ1) is 20.1. The molecular formula is C17H18N6O5S. The molecule has 2 heterocycles. The van der Waals surface area contributed by atoms with Gasteiger partial charge in [0.25, 0.3) is 15.9 Å². The second kappa shape index (κ2) is 8.14. The van der Waals surface area contributed by atoms with E-state index in [0.29, 0.717) is 11.3 Å². The van der Waals surface area contributed by atoms with Crippen LogP contribution in [0, 0.1) is 0 Å². The predicted molar refractivity (Wildman–Crippen MR) is 104 cm³/mol. The van der Waals surface area contributed by atoms with Crippen LogP contribution in [0.15, 0.2) is 47.6 Å². The number of benzene rings is 1. The summed E-state index contributed by atoms with van der Waals surface area (Å²) in [7, 11) is 0.506. The number of aromatic nitrogens is 4. The topological polar surface area (TPSA) is 137 Å². The Morgan fingerprint density at radius 1 is 1.10 bits per heavy atom. The molecule has 3 rings (SSSR count). The Balaban J connectivity index is 1.75. The number of nitrogens with one attached hydrogen (secondary N) is 2. The molecule has 12 heteroatoms. The number of hydrogen-bond donors (Lipinski definition) is 2. The van der Waals surface area contributed by atoms with Crippen molar-refractivity contribution in [3.05, 3.63) is 48.3 Å². The van der Waals surface area contributed by atoms with Gasteiger partial charge in [-0.1, -0.05) is 0 Å². The van der Waals surface area contributed by atoms with E-state index in [9.17, 15) is 13.2 Å². The summed E-state index contributed by atoms with van der Waals surface area (Å²) in [5.74, 6) is -0.224. The van der Waals surface area contributed by atoms with Crippen molar-refractivity contribution >= 4 is 27.4 Å². The number of anilines is 2. The van der Waals surface area contributed by atoms with Gasteiger partial charge in [0.05, 0.1) is 30.9 Å². The SMILES string of the molecule is COc1cc(NS(=O)(=O)c2ccc(NC(=O)c3cnn(C)c3)cc2)nc(OC)n1. The molecule has 0 aliphatic rings. The number of rotatable bonds is 7. The fourth-order valence-electron chi connectivity index (χ4n) is 2.31. The monoisotopic (exact) mass is 418 g/mol. The van der Waals surface area contributed by atoms with E-state index in [1.54, 1.807) is 13.2 Å². The Hall–Kier alpha value is -3.67. The molecule has 1 amide bonds. The molecule has 0 spiro atoms. The molecule has 0 aliphatic carbocycles. The van der Waals surface area contributed by atoms with Crippen LogP contribution in [0.1, 0.15) is 10.4 Å². The number of ether oxygens (including phenoxy) is 2. The molecule has 2 aromatic heterocycles. The van der Waals surface area contributed by atoms with Gasteiger partial charge in [0.2, 0.25) is 5.88 Å². The lowest BCUT2D eigenvalue weighted by Gasteiger charge is -2.10. The largest absolute Gasteiger partial charge is 0.481 e. The van der Waals surface area contributed by atoms with Gasteiger partial charge in [-0.15, -0.1) is 0 Å². The zero-order chi connectivity index (χ0) is 21.0. The van der Waals surface area contributed by atoms with Crippen LogP contribution in [0.25, 0.3) is 0 Å². The number of hydrogen-bond acceptors (Lipinski definition) is 8. The van der Waals surface area contributed by atoms with E-state index in [1.165, 1.54) is 55.4 Å². The smallest absolute Gasteiger partial charge is 0.321 e. The highest BCUT2D eigenvalue weighted by Crippen LogP contribution is 2.21. The Morgan fingerprint density at radius 2 is 1.83 bits per heavy atom. The quantitative estimate of drug-likeness (QED) is 0.585. The fraction of sp³-hybridized carbons (Fsp3) is 0.176. The number of sulfonamides is 1. The summed E-state index contributed by atoms with van der Waals surface area (Å²) >= 11 is 0. The lowest BCUT2D eigenvalue weighted by molar-refractivity contribution is 0.102. The highest BCUT2D eigenvalue weighted by atomic mass is 32.2. The van der Waals surface area contributed by atoms with E-state index >= 15 is 0 Å². The van der Waals surface area contributed by atoms with Crippen molar-refractivity contribution in [2.75, 3.05) is 24.3 Å². The molecule has 152 valence electrons. The molecule has 0 atom stereocenters. The van der Waals surface area contributed by atoms with Gasteiger partial charge in [-0.05, 0) is 24.3 Å². The minimum Gasteiger partial charge on any atom is -0.481 e. The van der Waals surface area contributed by atoms with Crippen LogP contribution in [0.4, 0.5) is 11.5 Å². The van der Waals surface area contributed by atoms with Crippen LogP contribution in [0.5, 0.6) is 11.9 Å². The van der Waals surface area contributed by atoms with Gasteiger partial charge in [-0.3, -0.25) is 14.2 Å².